The van der Waals surface area contributed by atoms with Crippen LogP contribution in [0.1, 0.15) is 18.5 Å². The summed E-state index contributed by atoms with van der Waals surface area (Å²) in [6, 6.07) is 1.96. The molecule has 0 bridgehead atoms. The lowest BCUT2D eigenvalue weighted by Crippen LogP contribution is -2.37. The molecule has 0 spiro atoms. The molecule has 2 aliphatic heterocycles. The molecule has 2 fully saturated rings. The van der Waals surface area contributed by atoms with Gasteiger partial charge in [0.05, 0.1) is 13.2 Å². The fourth-order valence-electron chi connectivity index (χ4n) is 2.93. The number of nitrogens with one attached hydrogen (secondary N) is 1. The van der Waals surface area contributed by atoms with Crippen LogP contribution >= 0.6 is 23.4 Å². The molecule has 23 heavy (non-hydrogen) atoms. The van der Waals surface area contributed by atoms with E-state index in [1.165, 1.54) is 0 Å². The van der Waals surface area contributed by atoms with Crippen molar-refractivity contribution in [2.75, 3.05) is 31.2 Å². The molecule has 0 radical (unpaired) electrons. The van der Waals surface area contributed by atoms with Gasteiger partial charge in [-0.25, -0.2) is 9.97 Å². The van der Waals surface area contributed by atoms with Crippen LogP contribution < -0.4 is 10.2 Å². The zero-order valence-electron chi connectivity index (χ0n) is 12.4. The lowest BCUT2D eigenvalue weighted by Gasteiger charge is -2.28. The van der Waals surface area contributed by atoms with E-state index in [4.69, 9.17) is 16.3 Å². The largest absolute Gasteiger partial charge is 0.378 e. The molecular formula is C14H18ClN4O2S2+. The molecule has 1 aromatic heterocycles. The second kappa shape index (κ2) is 6.23. The fourth-order valence-corrected chi connectivity index (χ4v) is 6.39. The highest BCUT2D eigenvalue weighted by atomic mass is 35.5. The highest BCUT2D eigenvalue weighted by molar-refractivity contribution is 8.13. The Bertz CT molecular complexity index is 654. The SMILES string of the molecule is O=[SH+](C1NC=CS1)C1(c2cc(N3CCOCC3)nc(Cl)n2)CC1. The first-order valence-electron chi connectivity index (χ1n) is 7.60. The summed E-state index contributed by atoms with van der Waals surface area (Å²) in [4.78, 5) is 10.9. The molecule has 9 heteroatoms. The molecule has 2 atom stereocenters. The summed E-state index contributed by atoms with van der Waals surface area (Å²) in [5.74, 6) is 0.808. The van der Waals surface area contributed by atoms with Gasteiger partial charge in [-0.15, -0.1) is 4.21 Å². The number of thiol groups is 1. The maximum absolute atomic E-state index is 13.0. The van der Waals surface area contributed by atoms with Gasteiger partial charge in [0.15, 0.2) is 4.75 Å². The molecule has 124 valence electrons. The number of rotatable bonds is 4. The Morgan fingerprint density at radius 2 is 2.17 bits per heavy atom. The molecule has 0 aromatic carbocycles. The van der Waals surface area contributed by atoms with Crippen molar-refractivity contribution in [2.24, 2.45) is 0 Å². The molecule has 1 saturated carbocycles. The lowest BCUT2D eigenvalue weighted by molar-refractivity contribution is 0.122. The number of nitrogens with zero attached hydrogens (tertiary/aromatic N) is 3. The summed E-state index contributed by atoms with van der Waals surface area (Å²) in [5.41, 5.74) is 0.814. The zero-order chi connectivity index (χ0) is 15.9. The Morgan fingerprint density at radius 1 is 1.39 bits per heavy atom. The van der Waals surface area contributed by atoms with Gasteiger partial charge in [-0.2, -0.15) is 0 Å². The van der Waals surface area contributed by atoms with Gasteiger partial charge in [-0.3, -0.25) is 0 Å². The van der Waals surface area contributed by atoms with E-state index in [0.29, 0.717) is 13.2 Å². The Morgan fingerprint density at radius 3 is 2.83 bits per heavy atom. The first-order valence-corrected chi connectivity index (χ1v) is 10.2. The molecule has 1 saturated heterocycles. The Hall–Kier alpha value is -0.830. The standard InChI is InChI=1S/C14H17ClN4O2S2/c15-12-17-10(9-11(18-12)19-4-6-21-7-5-19)14(1-2-14)23(20)13-16-3-8-22-13/h3,8-9,13,16H,1-2,4-7H2/p+1. The summed E-state index contributed by atoms with van der Waals surface area (Å²) in [6.45, 7) is 2.95. The third kappa shape index (κ3) is 2.97. The van der Waals surface area contributed by atoms with Crippen molar-refractivity contribution in [1.82, 2.24) is 15.3 Å². The van der Waals surface area contributed by atoms with Gasteiger partial charge >= 0.3 is 0 Å². The van der Waals surface area contributed by atoms with Crippen molar-refractivity contribution in [2.45, 2.75) is 22.3 Å². The third-order valence-electron chi connectivity index (χ3n) is 4.37. The minimum Gasteiger partial charge on any atom is -0.378 e. The maximum atomic E-state index is 13.0. The van der Waals surface area contributed by atoms with Gasteiger partial charge in [0.1, 0.15) is 22.3 Å². The average molecular weight is 374 g/mol. The van der Waals surface area contributed by atoms with Crippen molar-refractivity contribution in [3.63, 3.8) is 0 Å². The summed E-state index contributed by atoms with van der Waals surface area (Å²) in [7, 11) is -1.49. The zero-order valence-corrected chi connectivity index (χ0v) is 14.9. The van der Waals surface area contributed by atoms with Crippen molar-refractivity contribution in [1.29, 1.82) is 0 Å². The number of ether oxygens (including phenoxy) is 1. The van der Waals surface area contributed by atoms with E-state index in [1.54, 1.807) is 11.8 Å². The summed E-state index contributed by atoms with van der Waals surface area (Å²) in [5, 5.41) is 5.33. The minimum atomic E-state index is -1.49. The van der Waals surface area contributed by atoms with Gasteiger partial charge in [0, 0.05) is 38.2 Å². The van der Waals surface area contributed by atoms with Crippen molar-refractivity contribution in [3.8, 4) is 0 Å². The quantitative estimate of drug-likeness (QED) is 0.490. The summed E-state index contributed by atoms with van der Waals surface area (Å²) >= 11 is 7.73. The predicted molar refractivity (Wildman–Crippen MR) is 94.1 cm³/mol. The summed E-state index contributed by atoms with van der Waals surface area (Å²) in [6.07, 6.45) is 3.62. The molecule has 2 unspecified atom stereocenters. The molecule has 1 aromatic rings. The average Bonchev–Trinajstić information content (AvgIpc) is 3.21. The van der Waals surface area contributed by atoms with E-state index in [2.05, 4.69) is 20.2 Å². The smallest absolute Gasteiger partial charge is 0.242 e. The van der Waals surface area contributed by atoms with Crippen molar-refractivity contribution < 1.29 is 8.95 Å². The summed E-state index contributed by atoms with van der Waals surface area (Å²) < 4.78 is 18.0. The van der Waals surface area contributed by atoms with Crippen LogP contribution in [0.15, 0.2) is 17.7 Å². The fraction of sp³-hybridized carbons (Fsp3) is 0.571. The number of thioether (sulfide) groups is 1. The number of anilines is 1. The molecule has 3 heterocycles. The molecule has 0 amide bonds. The Balaban J connectivity index is 1.63. The highest BCUT2D eigenvalue weighted by Crippen LogP contribution is 2.53. The second-order valence-corrected chi connectivity index (χ2v) is 9.52. The van der Waals surface area contributed by atoms with Gasteiger partial charge in [0.2, 0.25) is 9.99 Å². The Labute approximate surface area is 146 Å². The molecule has 4 rings (SSSR count). The number of aromatic nitrogens is 2. The molecule has 3 aliphatic rings. The number of morpholine rings is 1. The van der Waals surface area contributed by atoms with E-state index < -0.39 is 10.8 Å². The van der Waals surface area contributed by atoms with Crippen molar-refractivity contribution >= 4 is 40.0 Å². The highest BCUT2D eigenvalue weighted by Gasteiger charge is 2.60. The predicted octanol–water partition coefficient (Wildman–Crippen LogP) is 1.74. The van der Waals surface area contributed by atoms with Gasteiger partial charge in [-0.1, -0.05) is 11.8 Å². The third-order valence-corrected chi connectivity index (χ3v) is 8.26. The van der Waals surface area contributed by atoms with E-state index >= 15 is 0 Å². The number of hydrogen-bond acceptors (Lipinski definition) is 7. The van der Waals surface area contributed by atoms with Gasteiger partial charge in [0.25, 0.3) is 0 Å². The normalized spacial score (nSPS) is 26.8. The first kappa shape index (κ1) is 15.7. The minimum absolute atomic E-state index is 0.0759. The molecule has 6 nitrogen and oxygen atoms in total. The second-order valence-electron chi connectivity index (χ2n) is 5.80. The van der Waals surface area contributed by atoms with E-state index in [1.807, 2.05) is 17.7 Å². The van der Waals surface area contributed by atoms with Crippen LogP contribution in [0.2, 0.25) is 5.28 Å². The van der Waals surface area contributed by atoms with Crippen LogP contribution in [0.4, 0.5) is 5.82 Å². The van der Waals surface area contributed by atoms with Crippen LogP contribution in [0.3, 0.4) is 0 Å². The molecule has 1 aliphatic carbocycles. The number of halogens is 1. The maximum Gasteiger partial charge on any atom is 0.242 e. The van der Waals surface area contributed by atoms with Gasteiger partial charge < -0.3 is 15.0 Å². The monoisotopic (exact) mass is 373 g/mol. The van der Waals surface area contributed by atoms with Crippen LogP contribution in [-0.4, -0.2) is 41.0 Å². The van der Waals surface area contributed by atoms with Crippen LogP contribution in [-0.2, 0) is 24.5 Å². The van der Waals surface area contributed by atoms with Gasteiger partial charge in [-0.05, 0) is 17.0 Å². The first-order chi connectivity index (χ1) is 11.2. The Kier molecular flexibility index (Phi) is 4.25. The molecule has 1 N–H and O–H groups in total. The van der Waals surface area contributed by atoms with Crippen LogP contribution in [0.5, 0.6) is 0 Å². The topological polar surface area (TPSA) is 67.4 Å². The van der Waals surface area contributed by atoms with Crippen LogP contribution in [0, 0.1) is 0 Å². The van der Waals surface area contributed by atoms with Crippen molar-refractivity contribution in [3.05, 3.63) is 28.7 Å². The molecular weight excluding hydrogens is 356 g/mol. The number of hydrogen-bond donors (Lipinski definition) is 1. The van der Waals surface area contributed by atoms with Crippen LogP contribution in [0.25, 0.3) is 0 Å². The van der Waals surface area contributed by atoms with E-state index in [-0.39, 0.29) is 14.7 Å². The van der Waals surface area contributed by atoms with E-state index in [0.717, 1.165) is 37.4 Å². The van der Waals surface area contributed by atoms with E-state index in [9.17, 15) is 4.21 Å². The lowest BCUT2D eigenvalue weighted by atomic mass is 10.2.